The Labute approximate surface area is 288 Å². The molecule has 3 amide bonds. The van der Waals surface area contributed by atoms with Crippen molar-refractivity contribution in [3.8, 4) is 27.3 Å². The molecule has 0 aliphatic carbocycles. The molecule has 2 aromatic heterocycles. The minimum absolute atomic E-state index is 0.00161. The van der Waals surface area contributed by atoms with Gasteiger partial charge in [0.1, 0.15) is 17.0 Å². The summed E-state index contributed by atoms with van der Waals surface area (Å²) in [5, 5.41) is 10.4. The summed E-state index contributed by atoms with van der Waals surface area (Å²) in [5.41, 5.74) is 3.34. The molecule has 256 valence electrons. The van der Waals surface area contributed by atoms with E-state index in [9.17, 15) is 19.2 Å². The van der Waals surface area contributed by atoms with Gasteiger partial charge in [0.25, 0.3) is 11.8 Å². The van der Waals surface area contributed by atoms with Gasteiger partial charge in [0, 0.05) is 59.4 Å². The van der Waals surface area contributed by atoms with Gasteiger partial charge in [-0.3, -0.25) is 9.59 Å². The number of fused-ring (bicyclic) bond motifs is 3. The number of hydrogen-bond donors (Lipinski definition) is 3. The number of nitrogens with one attached hydrogen (secondary N) is 3. The highest BCUT2D eigenvalue weighted by molar-refractivity contribution is 7.13. The first kappa shape index (κ1) is 35.0. The molecular formula is C36H38N4O8S. The van der Waals surface area contributed by atoms with Crippen molar-refractivity contribution in [3.63, 3.8) is 0 Å². The number of thiophene rings is 1. The van der Waals surface area contributed by atoms with Gasteiger partial charge in [-0.25, -0.2) is 14.6 Å². The Morgan fingerprint density at radius 1 is 0.918 bits per heavy atom. The molecule has 0 bridgehead atoms. The molecule has 4 aromatic rings. The van der Waals surface area contributed by atoms with Crippen molar-refractivity contribution < 1.29 is 38.1 Å². The Morgan fingerprint density at radius 2 is 1.69 bits per heavy atom. The molecule has 0 saturated heterocycles. The fraction of sp³-hybridized carbons (Fsp3) is 0.306. The molecule has 49 heavy (non-hydrogen) atoms. The molecule has 1 aliphatic rings. The van der Waals surface area contributed by atoms with Gasteiger partial charge in [0.05, 0.1) is 20.3 Å². The lowest BCUT2D eigenvalue weighted by molar-refractivity contribution is 0.0522. The lowest BCUT2D eigenvalue weighted by Gasteiger charge is -2.19. The SMILES string of the molecule is COCCNC(=O)c1ccc(-c2cc3c(cc2C(=O)Nc2ccc(CNC(=O)OC(C)(C)C)cc2)-c2sccc2CCO3)c(C(=O)OC)n1. The number of ether oxygens (including phenoxy) is 4. The van der Waals surface area contributed by atoms with E-state index in [1.54, 1.807) is 74.6 Å². The highest BCUT2D eigenvalue weighted by Gasteiger charge is 2.27. The number of amides is 3. The monoisotopic (exact) mass is 686 g/mol. The fourth-order valence-corrected chi connectivity index (χ4v) is 6.11. The summed E-state index contributed by atoms with van der Waals surface area (Å²) in [6, 6.07) is 15.6. The number of alkyl carbamates (subject to hydrolysis) is 1. The molecule has 0 saturated carbocycles. The van der Waals surface area contributed by atoms with E-state index in [-0.39, 0.29) is 35.6 Å². The molecule has 0 radical (unpaired) electrons. The largest absolute Gasteiger partial charge is 0.493 e. The molecule has 1 aliphatic heterocycles. The first-order valence-corrected chi connectivity index (χ1v) is 16.5. The van der Waals surface area contributed by atoms with E-state index in [2.05, 4.69) is 20.9 Å². The van der Waals surface area contributed by atoms with Crippen molar-refractivity contribution in [2.75, 3.05) is 39.3 Å². The van der Waals surface area contributed by atoms with Gasteiger partial charge in [0.2, 0.25) is 0 Å². The zero-order chi connectivity index (χ0) is 35.1. The van der Waals surface area contributed by atoms with Gasteiger partial charge in [-0.05, 0) is 79.7 Å². The average Bonchev–Trinajstić information content (AvgIpc) is 3.47. The summed E-state index contributed by atoms with van der Waals surface area (Å²) < 4.78 is 21.5. The third kappa shape index (κ3) is 8.61. The van der Waals surface area contributed by atoms with Crippen LogP contribution >= 0.6 is 11.3 Å². The summed E-state index contributed by atoms with van der Waals surface area (Å²) in [6.45, 7) is 6.60. The number of carbonyl (C=O) groups excluding carboxylic acids is 4. The first-order valence-electron chi connectivity index (χ1n) is 15.6. The molecular weight excluding hydrogens is 648 g/mol. The molecule has 0 unspecified atom stereocenters. The number of nitrogens with zero attached hydrogens (tertiary/aromatic N) is 1. The van der Waals surface area contributed by atoms with Crippen molar-refractivity contribution in [1.29, 1.82) is 0 Å². The molecule has 0 fully saturated rings. The maximum atomic E-state index is 14.1. The van der Waals surface area contributed by atoms with Crippen LogP contribution in [-0.2, 0) is 27.2 Å². The van der Waals surface area contributed by atoms with Crippen LogP contribution in [0.5, 0.6) is 5.75 Å². The van der Waals surface area contributed by atoms with Crippen LogP contribution in [0.4, 0.5) is 10.5 Å². The standard InChI is InChI=1S/C36H38N4O8S/c1-36(2,3)48-35(44)38-20-21-6-8-23(9-7-21)39-32(41)26-18-27-29(47-15-12-22-13-17-49-31(22)27)19-25(26)24-10-11-28(33(42)37-14-16-45-4)40-30(24)34(43)46-5/h6-11,13,17-19H,12,14-16,20H2,1-5H3,(H,37,42)(H,38,44)(H,39,41). The van der Waals surface area contributed by atoms with Crippen LogP contribution in [0.1, 0.15) is 63.2 Å². The maximum absolute atomic E-state index is 14.1. The highest BCUT2D eigenvalue weighted by Crippen LogP contribution is 2.43. The molecule has 0 spiro atoms. The van der Waals surface area contributed by atoms with Crippen LogP contribution in [-0.4, -0.2) is 68.4 Å². The number of rotatable bonds is 10. The number of aromatic nitrogens is 1. The van der Waals surface area contributed by atoms with E-state index >= 15 is 0 Å². The maximum Gasteiger partial charge on any atom is 0.407 e. The lowest BCUT2D eigenvalue weighted by Crippen LogP contribution is -2.32. The van der Waals surface area contributed by atoms with E-state index in [4.69, 9.17) is 18.9 Å². The summed E-state index contributed by atoms with van der Waals surface area (Å²) >= 11 is 1.55. The van der Waals surface area contributed by atoms with Crippen molar-refractivity contribution in [2.24, 2.45) is 0 Å². The Balaban J connectivity index is 1.51. The molecule has 13 heteroatoms. The van der Waals surface area contributed by atoms with Gasteiger partial charge in [-0.15, -0.1) is 11.3 Å². The first-order chi connectivity index (χ1) is 23.5. The van der Waals surface area contributed by atoms with E-state index in [1.165, 1.54) is 20.3 Å². The lowest BCUT2D eigenvalue weighted by atomic mass is 9.93. The van der Waals surface area contributed by atoms with Gasteiger partial charge in [0.15, 0.2) is 5.69 Å². The Morgan fingerprint density at radius 3 is 2.41 bits per heavy atom. The quantitative estimate of drug-likeness (QED) is 0.138. The second-order valence-corrected chi connectivity index (χ2v) is 13.0. The van der Waals surface area contributed by atoms with Gasteiger partial charge < -0.3 is 34.9 Å². The molecule has 2 aromatic carbocycles. The van der Waals surface area contributed by atoms with Gasteiger partial charge >= 0.3 is 12.1 Å². The smallest absolute Gasteiger partial charge is 0.407 e. The number of methoxy groups -OCH3 is 2. The topological polar surface area (TPSA) is 154 Å². The van der Waals surface area contributed by atoms with Gasteiger partial charge in [-0.2, -0.15) is 0 Å². The average molecular weight is 687 g/mol. The minimum Gasteiger partial charge on any atom is -0.493 e. The summed E-state index contributed by atoms with van der Waals surface area (Å²) in [6.07, 6.45) is 0.167. The van der Waals surface area contributed by atoms with Crippen LogP contribution in [0.25, 0.3) is 21.6 Å². The number of hydrogen-bond acceptors (Lipinski definition) is 10. The molecule has 3 heterocycles. The van der Waals surface area contributed by atoms with Crippen LogP contribution in [0.15, 0.2) is 60.0 Å². The predicted molar refractivity (Wildman–Crippen MR) is 185 cm³/mol. The van der Waals surface area contributed by atoms with Crippen molar-refractivity contribution >= 4 is 40.9 Å². The zero-order valence-electron chi connectivity index (χ0n) is 27.9. The number of anilines is 1. The molecule has 0 atom stereocenters. The summed E-state index contributed by atoms with van der Waals surface area (Å²) in [5.74, 6) is -1.17. The number of benzene rings is 2. The molecule has 5 rings (SSSR count). The van der Waals surface area contributed by atoms with Crippen LogP contribution in [0, 0.1) is 0 Å². The van der Waals surface area contributed by atoms with Crippen molar-refractivity contribution in [1.82, 2.24) is 15.6 Å². The predicted octanol–water partition coefficient (Wildman–Crippen LogP) is 5.85. The van der Waals surface area contributed by atoms with Crippen LogP contribution < -0.4 is 20.7 Å². The molecule has 12 nitrogen and oxygen atoms in total. The van der Waals surface area contributed by atoms with Crippen molar-refractivity contribution in [3.05, 3.63) is 88.1 Å². The minimum atomic E-state index is -0.778. The van der Waals surface area contributed by atoms with E-state index in [0.29, 0.717) is 36.6 Å². The number of carbonyl (C=O) groups is 4. The van der Waals surface area contributed by atoms with E-state index in [0.717, 1.165) is 21.6 Å². The van der Waals surface area contributed by atoms with Crippen molar-refractivity contribution in [2.45, 2.75) is 39.3 Å². The fourth-order valence-electron chi connectivity index (χ4n) is 5.13. The Hall–Kier alpha value is -5.27. The Bertz CT molecular complexity index is 1860. The number of pyridine rings is 1. The highest BCUT2D eigenvalue weighted by atomic mass is 32.1. The third-order valence-corrected chi connectivity index (χ3v) is 8.41. The Kier molecular flexibility index (Phi) is 10.9. The normalized spacial score (nSPS) is 12.0. The summed E-state index contributed by atoms with van der Waals surface area (Å²) in [4.78, 5) is 57.4. The number of esters is 1. The van der Waals surface area contributed by atoms with Gasteiger partial charge in [-0.1, -0.05) is 12.1 Å². The summed E-state index contributed by atoms with van der Waals surface area (Å²) in [7, 11) is 2.74. The second kappa shape index (κ2) is 15.3. The third-order valence-electron chi connectivity index (χ3n) is 7.42. The van der Waals surface area contributed by atoms with E-state index in [1.807, 2.05) is 11.4 Å². The van der Waals surface area contributed by atoms with Crippen LogP contribution in [0.3, 0.4) is 0 Å². The van der Waals surface area contributed by atoms with E-state index < -0.39 is 29.5 Å². The van der Waals surface area contributed by atoms with Crippen LogP contribution in [0.2, 0.25) is 0 Å². The zero-order valence-corrected chi connectivity index (χ0v) is 28.7. The second-order valence-electron chi connectivity index (χ2n) is 12.1. The molecule has 3 N–H and O–H groups in total.